The van der Waals surface area contributed by atoms with Crippen LogP contribution in [0.3, 0.4) is 0 Å². The fourth-order valence-electron chi connectivity index (χ4n) is 1.24. The number of nitrogens with zero attached hydrogens (tertiary/aromatic N) is 1. The lowest BCUT2D eigenvalue weighted by Crippen LogP contribution is -2.48. The molecule has 4 heteroatoms. The quantitative estimate of drug-likeness (QED) is 0.680. The molecule has 0 fully saturated rings. The third-order valence-corrected chi connectivity index (χ3v) is 2.97. The second kappa shape index (κ2) is 6.86. The van der Waals surface area contributed by atoms with Gasteiger partial charge in [0.1, 0.15) is 0 Å². The van der Waals surface area contributed by atoms with Crippen LogP contribution >= 0.6 is 0 Å². The maximum atomic E-state index is 11.6. The summed E-state index contributed by atoms with van der Waals surface area (Å²) in [6, 6.07) is 0.243. The number of rotatable bonds is 7. The van der Waals surface area contributed by atoms with E-state index in [1.807, 2.05) is 27.9 Å². The molecule has 0 heterocycles. The molecule has 4 nitrogen and oxygen atoms in total. The van der Waals surface area contributed by atoms with Crippen LogP contribution in [0.4, 0.5) is 0 Å². The molecule has 96 valence electrons. The first kappa shape index (κ1) is 15.4. The Labute approximate surface area is 99.8 Å². The number of nitrogens with one attached hydrogen (secondary N) is 2. The minimum atomic E-state index is -0.00289. The number of hydrogen-bond acceptors (Lipinski definition) is 3. The number of hydrogen-bond donors (Lipinski definition) is 2. The summed E-state index contributed by atoms with van der Waals surface area (Å²) < 4.78 is 0. The predicted octanol–water partition coefficient (Wildman–Crippen LogP) is 0.831. The Morgan fingerprint density at radius 3 is 2.38 bits per heavy atom. The Hall–Kier alpha value is -0.610. The van der Waals surface area contributed by atoms with Crippen molar-refractivity contribution in [1.29, 1.82) is 0 Å². The summed E-state index contributed by atoms with van der Waals surface area (Å²) in [5.41, 5.74) is -0.00289. The average Bonchev–Trinajstić information content (AvgIpc) is 2.15. The Balaban J connectivity index is 3.90. The summed E-state index contributed by atoms with van der Waals surface area (Å²) in [4.78, 5) is 13.7. The lowest BCUT2D eigenvalue weighted by molar-refractivity contribution is -0.122. The zero-order valence-corrected chi connectivity index (χ0v) is 11.6. The van der Waals surface area contributed by atoms with Gasteiger partial charge in [0.15, 0.2) is 0 Å². The van der Waals surface area contributed by atoms with Gasteiger partial charge in [-0.25, -0.2) is 0 Å². The van der Waals surface area contributed by atoms with Gasteiger partial charge in [-0.15, -0.1) is 0 Å². The molecule has 0 aliphatic rings. The van der Waals surface area contributed by atoms with Crippen molar-refractivity contribution < 1.29 is 4.79 Å². The molecule has 0 rings (SSSR count). The number of carbonyl (C=O) groups is 1. The third-order valence-electron chi connectivity index (χ3n) is 2.97. The molecule has 2 N–H and O–H groups in total. The van der Waals surface area contributed by atoms with Gasteiger partial charge >= 0.3 is 0 Å². The highest BCUT2D eigenvalue weighted by Gasteiger charge is 2.21. The fraction of sp³-hybridized carbons (Fsp3) is 0.917. The van der Waals surface area contributed by atoms with Crippen molar-refractivity contribution in [1.82, 2.24) is 15.5 Å². The molecule has 0 saturated carbocycles. The van der Waals surface area contributed by atoms with Crippen molar-refractivity contribution in [2.45, 2.75) is 45.7 Å². The van der Waals surface area contributed by atoms with Crippen molar-refractivity contribution in [2.24, 2.45) is 0 Å². The van der Waals surface area contributed by atoms with Gasteiger partial charge in [-0.3, -0.25) is 4.79 Å². The topological polar surface area (TPSA) is 44.4 Å². The minimum absolute atomic E-state index is 0.00289. The summed E-state index contributed by atoms with van der Waals surface area (Å²) in [6.45, 7) is 9.88. The van der Waals surface area contributed by atoms with E-state index < -0.39 is 0 Å². The molecule has 1 amide bonds. The van der Waals surface area contributed by atoms with Gasteiger partial charge in [0, 0.05) is 24.5 Å². The highest BCUT2D eigenvalue weighted by Crippen LogP contribution is 2.07. The Bertz CT molecular complexity index is 214. The van der Waals surface area contributed by atoms with E-state index in [2.05, 4.69) is 29.4 Å². The molecule has 1 unspecified atom stereocenters. The summed E-state index contributed by atoms with van der Waals surface area (Å²) in [7, 11) is 4.04. The van der Waals surface area contributed by atoms with Crippen LogP contribution in [0.5, 0.6) is 0 Å². The molecular formula is C12H27N3O. The first-order valence-electron chi connectivity index (χ1n) is 5.97. The van der Waals surface area contributed by atoms with Crippen LogP contribution in [0.2, 0.25) is 0 Å². The van der Waals surface area contributed by atoms with E-state index in [1.54, 1.807) is 0 Å². The second-order valence-electron chi connectivity index (χ2n) is 5.15. The maximum Gasteiger partial charge on any atom is 0.221 e. The lowest BCUT2D eigenvalue weighted by atomic mass is 10.0. The van der Waals surface area contributed by atoms with Gasteiger partial charge in [0.2, 0.25) is 5.91 Å². The molecule has 0 radical (unpaired) electrons. The molecule has 0 aromatic carbocycles. The standard InChI is InChI=1S/C12H27N3O/c1-7-13-10(2)8-11(16)14-9-12(3,4)15(5)6/h10,13H,7-9H2,1-6H3,(H,14,16). The van der Waals surface area contributed by atoms with Gasteiger partial charge in [0.25, 0.3) is 0 Å². The molecule has 1 atom stereocenters. The fourth-order valence-corrected chi connectivity index (χ4v) is 1.24. The molecule has 16 heavy (non-hydrogen) atoms. The smallest absolute Gasteiger partial charge is 0.221 e. The van der Waals surface area contributed by atoms with Crippen LogP contribution in [-0.4, -0.2) is 49.6 Å². The third kappa shape index (κ3) is 6.08. The molecular weight excluding hydrogens is 202 g/mol. The predicted molar refractivity (Wildman–Crippen MR) is 68.5 cm³/mol. The second-order valence-corrected chi connectivity index (χ2v) is 5.15. The zero-order valence-electron chi connectivity index (χ0n) is 11.6. The Morgan fingerprint density at radius 1 is 1.38 bits per heavy atom. The molecule has 0 aliphatic carbocycles. The monoisotopic (exact) mass is 229 g/mol. The molecule has 0 aromatic heterocycles. The first-order valence-corrected chi connectivity index (χ1v) is 5.97. The zero-order chi connectivity index (χ0) is 12.8. The normalized spacial score (nSPS) is 13.9. The molecule has 0 saturated heterocycles. The van der Waals surface area contributed by atoms with Crippen molar-refractivity contribution in [3.05, 3.63) is 0 Å². The van der Waals surface area contributed by atoms with Crippen molar-refractivity contribution >= 4 is 5.91 Å². The van der Waals surface area contributed by atoms with Gasteiger partial charge < -0.3 is 15.5 Å². The molecule has 0 aromatic rings. The van der Waals surface area contributed by atoms with E-state index in [4.69, 9.17) is 0 Å². The Kier molecular flexibility index (Phi) is 6.60. The maximum absolute atomic E-state index is 11.6. The molecule has 0 spiro atoms. The number of amides is 1. The van der Waals surface area contributed by atoms with Gasteiger partial charge in [-0.05, 0) is 41.4 Å². The van der Waals surface area contributed by atoms with Crippen LogP contribution in [0, 0.1) is 0 Å². The van der Waals surface area contributed by atoms with E-state index in [0.29, 0.717) is 13.0 Å². The van der Waals surface area contributed by atoms with Crippen LogP contribution < -0.4 is 10.6 Å². The number of likely N-dealkylation sites (N-methyl/N-ethyl adjacent to an activating group) is 1. The largest absolute Gasteiger partial charge is 0.354 e. The first-order chi connectivity index (χ1) is 7.29. The van der Waals surface area contributed by atoms with Crippen molar-refractivity contribution in [3.63, 3.8) is 0 Å². The van der Waals surface area contributed by atoms with E-state index in [9.17, 15) is 4.79 Å². The van der Waals surface area contributed by atoms with E-state index in [1.165, 1.54) is 0 Å². The summed E-state index contributed by atoms with van der Waals surface area (Å²) in [5.74, 6) is 0.114. The van der Waals surface area contributed by atoms with E-state index in [-0.39, 0.29) is 17.5 Å². The molecule has 0 bridgehead atoms. The van der Waals surface area contributed by atoms with Crippen LogP contribution in [0.1, 0.15) is 34.1 Å². The van der Waals surface area contributed by atoms with E-state index in [0.717, 1.165) is 6.54 Å². The van der Waals surface area contributed by atoms with E-state index >= 15 is 0 Å². The summed E-state index contributed by atoms with van der Waals surface area (Å²) in [5, 5.41) is 6.20. The highest BCUT2D eigenvalue weighted by molar-refractivity contribution is 5.76. The van der Waals surface area contributed by atoms with Gasteiger partial charge in [0.05, 0.1) is 0 Å². The SMILES string of the molecule is CCNC(C)CC(=O)NCC(C)(C)N(C)C. The van der Waals surface area contributed by atoms with Gasteiger partial charge in [-0.1, -0.05) is 6.92 Å². The van der Waals surface area contributed by atoms with Crippen LogP contribution in [0.15, 0.2) is 0 Å². The van der Waals surface area contributed by atoms with Crippen molar-refractivity contribution in [2.75, 3.05) is 27.2 Å². The summed E-state index contributed by atoms with van der Waals surface area (Å²) in [6.07, 6.45) is 0.539. The van der Waals surface area contributed by atoms with Gasteiger partial charge in [-0.2, -0.15) is 0 Å². The summed E-state index contributed by atoms with van der Waals surface area (Å²) >= 11 is 0. The minimum Gasteiger partial charge on any atom is -0.354 e. The highest BCUT2D eigenvalue weighted by atomic mass is 16.1. The lowest BCUT2D eigenvalue weighted by Gasteiger charge is -2.32. The Morgan fingerprint density at radius 2 is 1.94 bits per heavy atom. The average molecular weight is 229 g/mol. The van der Waals surface area contributed by atoms with Crippen molar-refractivity contribution in [3.8, 4) is 0 Å². The number of carbonyl (C=O) groups excluding carboxylic acids is 1. The van der Waals surface area contributed by atoms with Crippen LogP contribution in [0.25, 0.3) is 0 Å². The molecule has 0 aliphatic heterocycles. The van der Waals surface area contributed by atoms with Crippen LogP contribution in [-0.2, 0) is 4.79 Å².